The molecule has 0 saturated heterocycles. The maximum Gasteiger partial charge on any atom is 0.264 e. The number of nitrogens with one attached hydrogen (secondary N) is 1. The Morgan fingerprint density at radius 2 is 2.16 bits per heavy atom. The lowest BCUT2D eigenvalue weighted by Gasteiger charge is -2.04. The molecular formula is C11H11N5O2S. The van der Waals surface area contributed by atoms with Crippen molar-refractivity contribution in [3.63, 3.8) is 0 Å². The van der Waals surface area contributed by atoms with Crippen molar-refractivity contribution in [3.8, 4) is 0 Å². The number of nitrogens with zero attached hydrogens (tertiary/aromatic N) is 3. The van der Waals surface area contributed by atoms with Gasteiger partial charge in [0, 0.05) is 12.1 Å². The van der Waals surface area contributed by atoms with Crippen molar-refractivity contribution >= 4 is 23.3 Å². The molecule has 2 aromatic rings. The topological polar surface area (TPSA) is 113 Å². The van der Waals surface area contributed by atoms with E-state index in [1.54, 1.807) is 24.3 Å². The van der Waals surface area contributed by atoms with Crippen LogP contribution in [0.2, 0.25) is 0 Å². The summed E-state index contributed by atoms with van der Waals surface area (Å²) in [5.41, 5.74) is 6.97. The molecule has 0 aliphatic heterocycles. The third-order valence-electron chi connectivity index (χ3n) is 2.40. The first kappa shape index (κ1) is 13.0. The number of oxime groups is 1. The van der Waals surface area contributed by atoms with Crippen LogP contribution in [-0.2, 0) is 6.54 Å². The van der Waals surface area contributed by atoms with E-state index in [0.29, 0.717) is 17.0 Å². The smallest absolute Gasteiger partial charge is 0.264 e. The van der Waals surface area contributed by atoms with Crippen molar-refractivity contribution in [2.75, 3.05) is 0 Å². The Hall–Kier alpha value is -2.48. The summed E-state index contributed by atoms with van der Waals surface area (Å²) in [4.78, 5) is 12.1. The second-order valence-corrected chi connectivity index (χ2v) is 4.43. The maximum atomic E-state index is 11.6. The summed E-state index contributed by atoms with van der Waals surface area (Å²) < 4.78 is 3.62. The molecule has 98 valence electrons. The highest BCUT2D eigenvalue weighted by molar-refractivity contribution is 7.07. The third-order valence-corrected chi connectivity index (χ3v) is 3.06. The lowest BCUT2D eigenvalue weighted by Crippen LogP contribution is -2.22. The third kappa shape index (κ3) is 3.26. The number of hydrogen-bond donors (Lipinski definition) is 3. The molecule has 0 aliphatic carbocycles. The van der Waals surface area contributed by atoms with E-state index in [1.807, 2.05) is 0 Å². The van der Waals surface area contributed by atoms with E-state index >= 15 is 0 Å². The molecule has 0 atom stereocenters. The van der Waals surface area contributed by atoms with Crippen molar-refractivity contribution < 1.29 is 10.0 Å². The molecule has 0 unspecified atom stereocenters. The summed E-state index contributed by atoms with van der Waals surface area (Å²) in [6, 6.07) is 7.01. The summed E-state index contributed by atoms with van der Waals surface area (Å²) in [6.45, 7) is 0.382. The fourth-order valence-electron chi connectivity index (χ4n) is 1.39. The summed E-state index contributed by atoms with van der Waals surface area (Å²) in [5, 5.41) is 17.8. The van der Waals surface area contributed by atoms with Gasteiger partial charge in [0.25, 0.3) is 5.91 Å². The van der Waals surface area contributed by atoms with Crippen LogP contribution in [0, 0.1) is 0 Å². The molecular weight excluding hydrogens is 266 g/mol. The van der Waals surface area contributed by atoms with Gasteiger partial charge >= 0.3 is 0 Å². The molecule has 1 heterocycles. The molecule has 0 radical (unpaired) electrons. The number of benzene rings is 1. The van der Waals surface area contributed by atoms with Gasteiger partial charge in [0.2, 0.25) is 0 Å². The number of nitrogens with two attached hydrogens (primary N) is 1. The Kier molecular flexibility index (Phi) is 4.04. The van der Waals surface area contributed by atoms with Crippen molar-refractivity contribution in [1.29, 1.82) is 0 Å². The Morgan fingerprint density at radius 3 is 2.74 bits per heavy atom. The van der Waals surface area contributed by atoms with Crippen LogP contribution < -0.4 is 11.1 Å². The van der Waals surface area contributed by atoms with E-state index in [1.165, 1.54) is 6.20 Å². The highest BCUT2D eigenvalue weighted by Gasteiger charge is 2.07. The lowest BCUT2D eigenvalue weighted by atomic mass is 10.1. The van der Waals surface area contributed by atoms with Gasteiger partial charge in [-0.05, 0) is 17.1 Å². The number of aromatic nitrogens is 2. The quantitative estimate of drug-likeness (QED) is 0.327. The number of amides is 1. The van der Waals surface area contributed by atoms with E-state index in [2.05, 4.69) is 20.1 Å². The Morgan fingerprint density at radius 1 is 1.42 bits per heavy atom. The summed E-state index contributed by atoms with van der Waals surface area (Å²) in [7, 11) is 0. The van der Waals surface area contributed by atoms with E-state index in [0.717, 1.165) is 17.1 Å². The molecule has 1 aromatic carbocycles. The first-order chi connectivity index (χ1) is 9.20. The predicted octanol–water partition coefficient (Wildman–Crippen LogP) is 0.563. The van der Waals surface area contributed by atoms with E-state index in [-0.39, 0.29) is 11.7 Å². The van der Waals surface area contributed by atoms with Crippen LogP contribution in [0.5, 0.6) is 0 Å². The SMILES string of the molecule is NC(=NO)c1ccc(CNC(=O)c2cnns2)cc1. The molecule has 1 aromatic heterocycles. The molecule has 1 amide bonds. The van der Waals surface area contributed by atoms with Crippen LogP contribution in [0.3, 0.4) is 0 Å². The van der Waals surface area contributed by atoms with Crippen molar-refractivity contribution in [1.82, 2.24) is 14.9 Å². The number of hydrogen-bond acceptors (Lipinski definition) is 6. The van der Waals surface area contributed by atoms with E-state index in [4.69, 9.17) is 10.9 Å². The van der Waals surface area contributed by atoms with Gasteiger partial charge in [0.15, 0.2) is 5.84 Å². The molecule has 8 heteroatoms. The number of rotatable bonds is 4. The zero-order valence-corrected chi connectivity index (χ0v) is 10.6. The molecule has 2 rings (SSSR count). The van der Waals surface area contributed by atoms with E-state index < -0.39 is 0 Å². The first-order valence-electron chi connectivity index (χ1n) is 5.33. The van der Waals surface area contributed by atoms with Crippen LogP contribution in [0.25, 0.3) is 0 Å². The summed E-state index contributed by atoms with van der Waals surface area (Å²) in [6.07, 6.45) is 1.42. The molecule has 0 bridgehead atoms. The normalized spacial score (nSPS) is 11.3. The fraction of sp³-hybridized carbons (Fsp3) is 0.0909. The largest absolute Gasteiger partial charge is 0.409 e. The molecule has 19 heavy (non-hydrogen) atoms. The second-order valence-electron chi connectivity index (χ2n) is 3.65. The molecule has 0 spiro atoms. The van der Waals surface area contributed by atoms with Gasteiger partial charge in [-0.15, -0.1) is 5.10 Å². The summed E-state index contributed by atoms with van der Waals surface area (Å²) >= 11 is 1.04. The average molecular weight is 277 g/mol. The minimum atomic E-state index is -0.212. The van der Waals surface area contributed by atoms with Gasteiger partial charge in [-0.25, -0.2) is 0 Å². The van der Waals surface area contributed by atoms with Gasteiger partial charge in [0.1, 0.15) is 4.88 Å². The molecule has 0 aliphatic rings. The van der Waals surface area contributed by atoms with Crippen molar-refractivity contribution in [3.05, 3.63) is 46.5 Å². The maximum absolute atomic E-state index is 11.6. The van der Waals surface area contributed by atoms with Gasteiger partial charge < -0.3 is 16.3 Å². The van der Waals surface area contributed by atoms with Crippen LogP contribution in [-0.4, -0.2) is 26.5 Å². The van der Waals surface area contributed by atoms with Crippen LogP contribution in [0.4, 0.5) is 0 Å². The predicted molar refractivity (Wildman–Crippen MR) is 70.0 cm³/mol. The minimum Gasteiger partial charge on any atom is -0.409 e. The molecule has 0 fully saturated rings. The minimum absolute atomic E-state index is 0.0475. The first-order valence-corrected chi connectivity index (χ1v) is 6.10. The summed E-state index contributed by atoms with van der Waals surface area (Å²) in [5.74, 6) is -0.165. The van der Waals surface area contributed by atoms with Gasteiger partial charge in [-0.2, -0.15) is 0 Å². The molecule has 7 nitrogen and oxygen atoms in total. The molecule has 0 saturated carbocycles. The highest BCUT2D eigenvalue weighted by atomic mass is 32.1. The fourth-order valence-corrected chi connectivity index (χ4v) is 1.82. The van der Waals surface area contributed by atoms with Gasteiger partial charge in [-0.3, -0.25) is 4.79 Å². The number of carbonyl (C=O) groups is 1. The Balaban J connectivity index is 1.95. The zero-order valence-electron chi connectivity index (χ0n) is 9.78. The van der Waals surface area contributed by atoms with Gasteiger partial charge in [-0.1, -0.05) is 33.9 Å². The lowest BCUT2D eigenvalue weighted by molar-refractivity contribution is 0.0955. The van der Waals surface area contributed by atoms with Crippen molar-refractivity contribution in [2.24, 2.45) is 10.9 Å². The van der Waals surface area contributed by atoms with Crippen LogP contribution in [0.15, 0.2) is 35.6 Å². The standard InChI is InChI=1S/C11H11N5O2S/c12-10(15-18)8-3-1-7(2-4-8)5-13-11(17)9-6-14-16-19-9/h1-4,6,18H,5H2,(H2,12,15)(H,13,17). The second kappa shape index (κ2) is 5.91. The van der Waals surface area contributed by atoms with Crippen LogP contribution in [0.1, 0.15) is 20.8 Å². The average Bonchev–Trinajstić information content (AvgIpc) is 2.98. The number of amidine groups is 1. The van der Waals surface area contributed by atoms with Crippen LogP contribution >= 0.6 is 11.5 Å². The zero-order chi connectivity index (χ0) is 13.7. The monoisotopic (exact) mass is 277 g/mol. The highest BCUT2D eigenvalue weighted by Crippen LogP contribution is 2.06. The van der Waals surface area contributed by atoms with E-state index in [9.17, 15) is 4.79 Å². The Bertz CT molecular complexity index is 580. The Labute approximate surface area is 112 Å². The number of carbonyl (C=O) groups excluding carboxylic acids is 1. The van der Waals surface area contributed by atoms with Gasteiger partial charge in [0.05, 0.1) is 6.20 Å². The van der Waals surface area contributed by atoms with Crippen molar-refractivity contribution in [2.45, 2.75) is 6.54 Å². The molecule has 4 N–H and O–H groups in total.